The third kappa shape index (κ3) is 5.23. The van der Waals surface area contributed by atoms with Crippen molar-refractivity contribution in [3.63, 3.8) is 0 Å². The van der Waals surface area contributed by atoms with E-state index in [1.807, 2.05) is 42.5 Å². The van der Waals surface area contributed by atoms with Crippen LogP contribution in [0.25, 0.3) is 11.1 Å². The number of Topliss-reactive ketones (excluding diaryl/α,β-unsaturated/α-hetero) is 1. The molecule has 4 rings (SSSR count). The van der Waals surface area contributed by atoms with Gasteiger partial charge in [0.1, 0.15) is 5.78 Å². The van der Waals surface area contributed by atoms with E-state index >= 15 is 0 Å². The quantitative estimate of drug-likeness (QED) is 0.588. The number of hydrogen-bond acceptors (Lipinski definition) is 5. The summed E-state index contributed by atoms with van der Waals surface area (Å²) in [5.74, 6) is 0.326. The SMILES string of the molecule is O=C(Cc1cc(-c2cccc(NCc3ccccn3)c2)c(Cl)cn1)[C@@H]1CCCNC1. The molecular formula is C24H25ClN4O. The van der Waals surface area contributed by atoms with Gasteiger partial charge in [-0.15, -0.1) is 0 Å². The van der Waals surface area contributed by atoms with Crippen molar-refractivity contribution in [2.45, 2.75) is 25.8 Å². The highest BCUT2D eigenvalue weighted by atomic mass is 35.5. The molecule has 1 fully saturated rings. The largest absolute Gasteiger partial charge is 0.379 e. The maximum atomic E-state index is 12.6. The van der Waals surface area contributed by atoms with Crippen molar-refractivity contribution in [3.05, 3.63) is 77.3 Å². The molecule has 30 heavy (non-hydrogen) atoms. The maximum Gasteiger partial charge on any atom is 0.143 e. The van der Waals surface area contributed by atoms with E-state index in [0.29, 0.717) is 18.0 Å². The fourth-order valence-corrected chi connectivity index (χ4v) is 3.95. The number of carbonyl (C=O) groups excluding carboxylic acids is 1. The predicted octanol–water partition coefficient (Wildman–Crippen LogP) is 4.52. The number of hydrogen-bond donors (Lipinski definition) is 2. The molecule has 5 nitrogen and oxygen atoms in total. The molecule has 2 N–H and O–H groups in total. The van der Waals surface area contributed by atoms with Gasteiger partial charge >= 0.3 is 0 Å². The minimum absolute atomic E-state index is 0.0822. The lowest BCUT2D eigenvalue weighted by molar-refractivity contribution is -0.122. The maximum absolute atomic E-state index is 12.6. The number of anilines is 1. The Kier molecular flexibility index (Phi) is 6.72. The summed E-state index contributed by atoms with van der Waals surface area (Å²) in [7, 11) is 0. The highest BCUT2D eigenvalue weighted by molar-refractivity contribution is 6.33. The van der Waals surface area contributed by atoms with Gasteiger partial charge in [0.25, 0.3) is 0 Å². The van der Waals surface area contributed by atoms with Crippen LogP contribution in [0.15, 0.2) is 60.9 Å². The molecule has 0 saturated carbocycles. The van der Waals surface area contributed by atoms with E-state index in [0.717, 1.165) is 54.1 Å². The molecule has 3 aromatic rings. The number of nitrogens with zero attached hydrogens (tertiary/aromatic N) is 2. The van der Waals surface area contributed by atoms with Crippen LogP contribution in [-0.4, -0.2) is 28.8 Å². The molecule has 1 aliphatic heterocycles. The van der Waals surface area contributed by atoms with E-state index in [1.165, 1.54) is 0 Å². The van der Waals surface area contributed by atoms with Crippen molar-refractivity contribution < 1.29 is 4.79 Å². The Bertz CT molecular complexity index is 1000. The molecule has 0 unspecified atom stereocenters. The summed E-state index contributed by atoms with van der Waals surface area (Å²) in [5, 5.41) is 7.28. The Morgan fingerprint density at radius 2 is 2.07 bits per heavy atom. The number of piperidine rings is 1. The van der Waals surface area contributed by atoms with Crippen molar-refractivity contribution in [2.75, 3.05) is 18.4 Å². The lowest BCUT2D eigenvalue weighted by Crippen LogP contribution is -2.35. The fourth-order valence-electron chi connectivity index (χ4n) is 3.74. The Hall–Kier alpha value is -2.76. The molecule has 154 valence electrons. The molecular weight excluding hydrogens is 396 g/mol. The average Bonchev–Trinajstić information content (AvgIpc) is 2.80. The van der Waals surface area contributed by atoms with Gasteiger partial charge < -0.3 is 10.6 Å². The van der Waals surface area contributed by atoms with Gasteiger partial charge in [0.15, 0.2) is 0 Å². The highest BCUT2D eigenvalue weighted by Gasteiger charge is 2.21. The third-order valence-electron chi connectivity index (χ3n) is 5.39. The van der Waals surface area contributed by atoms with E-state index < -0.39 is 0 Å². The third-order valence-corrected chi connectivity index (χ3v) is 5.69. The van der Waals surface area contributed by atoms with Gasteiger partial charge in [0.2, 0.25) is 0 Å². The van der Waals surface area contributed by atoms with E-state index in [9.17, 15) is 4.79 Å². The zero-order valence-electron chi connectivity index (χ0n) is 16.8. The second-order valence-corrected chi connectivity index (χ2v) is 8.00. The van der Waals surface area contributed by atoms with Crippen molar-refractivity contribution in [2.24, 2.45) is 5.92 Å². The number of carbonyl (C=O) groups is 1. The molecule has 6 heteroatoms. The summed E-state index contributed by atoms with van der Waals surface area (Å²) in [4.78, 5) is 21.4. The number of rotatable bonds is 7. The van der Waals surface area contributed by atoms with Crippen LogP contribution >= 0.6 is 11.6 Å². The van der Waals surface area contributed by atoms with Crippen molar-refractivity contribution in [1.82, 2.24) is 15.3 Å². The number of aromatic nitrogens is 2. The van der Waals surface area contributed by atoms with Gasteiger partial charge in [-0.2, -0.15) is 0 Å². The van der Waals surface area contributed by atoms with E-state index in [2.05, 4.69) is 26.7 Å². The van der Waals surface area contributed by atoms with Crippen LogP contribution in [-0.2, 0) is 17.8 Å². The summed E-state index contributed by atoms with van der Waals surface area (Å²) in [6, 6.07) is 15.9. The van der Waals surface area contributed by atoms with Crippen LogP contribution in [0.1, 0.15) is 24.2 Å². The van der Waals surface area contributed by atoms with Crippen molar-refractivity contribution in [1.29, 1.82) is 0 Å². The monoisotopic (exact) mass is 420 g/mol. The van der Waals surface area contributed by atoms with Gasteiger partial charge in [-0.25, -0.2) is 0 Å². The molecule has 0 bridgehead atoms. The normalized spacial score (nSPS) is 16.2. The minimum Gasteiger partial charge on any atom is -0.379 e. The Labute approximate surface area is 181 Å². The molecule has 0 aliphatic carbocycles. The number of nitrogens with one attached hydrogen (secondary N) is 2. The van der Waals surface area contributed by atoms with Gasteiger partial charge in [0.05, 0.1) is 17.3 Å². The van der Waals surface area contributed by atoms with Crippen molar-refractivity contribution >= 4 is 23.1 Å². The van der Waals surface area contributed by atoms with Crippen LogP contribution in [0.3, 0.4) is 0 Å². The van der Waals surface area contributed by atoms with Gasteiger partial charge in [-0.05, 0) is 55.3 Å². The summed E-state index contributed by atoms with van der Waals surface area (Å²) >= 11 is 6.45. The first-order chi connectivity index (χ1) is 14.7. The number of ketones is 1. The van der Waals surface area contributed by atoms with Gasteiger partial charge in [-0.1, -0.05) is 29.8 Å². The predicted molar refractivity (Wildman–Crippen MR) is 121 cm³/mol. The molecule has 1 saturated heterocycles. The zero-order valence-corrected chi connectivity index (χ0v) is 17.5. The lowest BCUT2D eigenvalue weighted by Gasteiger charge is -2.21. The molecule has 1 atom stereocenters. The molecule has 1 aromatic carbocycles. The second kappa shape index (κ2) is 9.83. The van der Waals surface area contributed by atoms with E-state index in [4.69, 9.17) is 11.6 Å². The zero-order chi connectivity index (χ0) is 20.8. The van der Waals surface area contributed by atoms with E-state index in [-0.39, 0.29) is 11.7 Å². The smallest absolute Gasteiger partial charge is 0.143 e. The molecule has 1 aliphatic rings. The lowest BCUT2D eigenvalue weighted by atomic mass is 9.92. The Balaban J connectivity index is 1.49. The van der Waals surface area contributed by atoms with Crippen LogP contribution in [0, 0.1) is 5.92 Å². The van der Waals surface area contributed by atoms with Gasteiger partial charge in [-0.3, -0.25) is 14.8 Å². The molecule has 0 spiro atoms. The standard InChI is InChI=1S/C24H25ClN4O/c25-23-16-29-21(13-24(30)18-6-4-9-26-14-18)12-22(23)17-5-3-8-19(11-17)28-15-20-7-1-2-10-27-20/h1-3,5,7-8,10-12,16,18,26,28H,4,6,9,13-15H2/t18-/m1/s1. The summed E-state index contributed by atoms with van der Waals surface area (Å²) in [6.07, 6.45) is 5.78. The van der Waals surface area contributed by atoms with Crippen LogP contribution in [0.4, 0.5) is 5.69 Å². The van der Waals surface area contributed by atoms with Gasteiger partial charge in [0, 0.05) is 48.2 Å². The molecule has 2 aromatic heterocycles. The molecule has 0 amide bonds. The average molecular weight is 421 g/mol. The second-order valence-electron chi connectivity index (χ2n) is 7.60. The minimum atomic E-state index is 0.0822. The van der Waals surface area contributed by atoms with Crippen molar-refractivity contribution in [3.8, 4) is 11.1 Å². The first kappa shape index (κ1) is 20.5. The Morgan fingerprint density at radius 3 is 2.87 bits per heavy atom. The van der Waals surface area contributed by atoms with Crippen LogP contribution in [0.5, 0.6) is 0 Å². The summed E-state index contributed by atoms with van der Waals surface area (Å²) in [5.41, 5.74) is 4.59. The summed E-state index contributed by atoms with van der Waals surface area (Å²) in [6.45, 7) is 2.41. The summed E-state index contributed by atoms with van der Waals surface area (Å²) < 4.78 is 0. The topological polar surface area (TPSA) is 66.9 Å². The van der Waals surface area contributed by atoms with E-state index in [1.54, 1.807) is 12.4 Å². The Morgan fingerprint density at radius 1 is 1.13 bits per heavy atom. The highest BCUT2D eigenvalue weighted by Crippen LogP contribution is 2.30. The fraction of sp³-hybridized carbons (Fsp3) is 0.292. The number of pyridine rings is 2. The molecule has 0 radical (unpaired) electrons. The number of benzene rings is 1. The number of halogens is 1. The molecule has 3 heterocycles. The van der Waals surface area contributed by atoms with Crippen LogP contribution in [0.2, 0.25) is 5.02 Å². The first-order valence-electron chi connectivity index (χ1n) is 10.3. The van der Waals surface area contributed by atoms with Crippen LogP contribution < -0.4 is 10.6 Å². The first-order valence-corrected chi connectivity index (χ1v) is 10.7.